The zero-order chi connectivity index (χ0) is 20.7. The minimum absolute atomic E-state index is 0.420. The number of hydrogen-bond acceptors (Lipinski definition) is 2. The van der Waals surface area contributed by atoms with E-state index in [2.05, 4.69) is 13.8 Å². The second-order valence-corrected chi connectivity index (χ2v) is 9.33. The van der Waals surface area contributed by atoms with Crippen molar-refractivity contribution in [2.45, 2.75) is 167 Å². The number of unbranched alkanes of at least 4 members (excludes halogenated alkanes) is 15. The van der Waals surface area contributed by atoms with Crippen LogP contribution in [0.4, 0.5) is 0 Å². The molecule has 0 saturated heterocycles. The standard InChI is InChI=1S/C26H56N2/c1-3-5-7-9-11-13-15-17-21-25(27)23-19-20-24-26(28)22-18-16-14-12-10-8-6-4-2/h25-26H,3-24,27-28H2,1-2H3. The van der Waals surface area contributed by atoms with Crippen LogP contribution in [0.1, 0.15) is 155 Å². The molecule has 0 bridgehead atoms. The molecule has 0 aromatic rings. The van der Waals surface area contributed by atoms with Gasteiger partial charge in [0, 0.05) is 12.1 Å². The lowest BCUT2D eigenvalue weighted by atomic mass is 9.98. The average molecular weight is 397 g/mol. The topological polar surface area (TPSA) is 52.0 Å². The van der Waals surface area contributed by atoms with E-state index in [0.717, 1.165) is 0 Å². The summed E-state index contributed by atoms with van der Waals surface area (Å²) in [5, 5.41) is 0. The Morgan fingerprint density at radius 2 is 0.571 bits per heavy atom. The second kappa shape index (κ2) is 23.2. The van der Waals surface area contributed by atoms with Gasteiger partial charge in [-0.1, -0.05) is 129 Å². The van der Waals surface area contributed by atoms with Gasteiger partial charge in [0.1, 0.15) is 0 Å². The molecule has 0 saturated carbocycles. The number of nitrogens with two attached hydrogens (primary N) is 2. The van der Waals surface area contributed by atoms with Gasteiger partial charge in [-0.2, -0.15) is 0 Å². The third kappa shape index (κ3) is 22.2. The first-order chi connectivity index (χ1) is 13.7. The van der Waals surface area contributed by atoms with Crippen molar-refractivity contribution in [3.8, 4) is 0 Å². The van der Waals surface area contributed by atoms with E-state index in [1.165, 1.54) is 141 Å². The molecule has 170 valence electrons. The molecule has 0 spiro atoms. The maximum atomic E-state index is 6.30. The monoisotopic (exact) mass is 396 g/mol. The van der Waals surface area contributed by atoms with Crippen LogP contribution < -0.4 is 11.5 Å². The largest absolute Gasteiger partial charge is 0.328 e. The van der Waals surface area contributed by atoms with Gasteiger partial charge in [-0.05, 0) is 25.7 Å². The Kier molecular flexibility index (Phi) is 23.1. The summed E-state index contributed by atoms with van der Waals surface area (Å²) in [6.07, 6.45) is 29.7. The quantitative estimate of drug-likeness (QED) is 0.171. The van der Waals surface area contributed by atoms with E-state index >= 15 is 0 Å². The fourth-order valence-electron chi connectivity index (χ4n) is 4.18. The molecule has 2 atom stereocenters. The van der Waals surface area contributed by atoms with Crippen LogP contribution in [0.3, 0.4) is 0 Å². The van der Waals surface area contributed by atoms with Gasteiger partial charge in [0.15, 0.2) is 0 Å². The summed E-state index contributed by atoms with van der Waals surface area (Å²) < 4.78 is 0. The van der Waals surface area contributed by atoms with Gasteiger partial charge in [0.25, 0.3) is 0 Å². The summed E-state index contributed by atoms with van der Waals surface area (Å²) in [6, 6.07) is 0.841. The first kappa shape index (κ1) is 27.9. The molecule has 2 nitrogen and oxygen atoms in total. The summed E-state index contributed by atoms with van der Waals surface area (Å²) in [4.78, 5) is 0. The molecule has 0 aromatic heterocycles. The normalized spacial score (nSPS) is 13.7. The van der Waals surface area contributed by atoms with Crippen LogP contribution in [-0.2, 0) is 0 Å². The number of hydrogen-bond donors (Lipinski definition) is 2. The molecule has 0 heterocycles. The Hall–Kier alpha value is -0.0800. The Labute approximate surface area is 179 Å². The van der Waals surface area contributed by atoms with Crippen molar-refractivity contribution in [3.05, 3.63) is 0 Å². The highest BCUT2D eigenvalue weighted by atomic mass is 14.6. The predicted octanol–water partition coefficient (Wildman–Crippen LogP) is 8.26. The SMILES string of the molecule is CCCCCCCCCCC(N)CCCCC(N)CCCCCCCCCC. The molecular weight excluding hydrogens is 340 g/mol. The lowest BCUT2D eigenvalue weighted by Gasteiger charge is -2.14. The summed E-state index contributed by atoms with van der Waals surface area (Å²) in [7, 11) is 0. The van der Waals surface area contributed by atoms with Crippen molar-refractivity contribution >= 4 is 0 Å². The maximum Gasteiger partial charge on any atom is 0.00388 e. The van der Waals surface area contributed by atoms with Crippen molar-refractivity contribution in [1.29, 1.82) is 0 Å². The van der Waals surface area contributed by atoms with Crippen LogP contribution >= 0.6 is 0 Å². The van der Waals surface area contributed by atoms with E-state index in [-0.39, 0.29) is 0 Å². The molecule has 28 heavy (non-hydrogen) atoms. The zero-order valence-electron chi connectivity index (χ0n) is 19.9. The summed E-state index contributed by atoms with van der Waals surface area (Å²) in [6.45, 7) is 4.57. The first-order valence-corrected chi connectivity index (χ1v) is 13.2. The third-order valence-electron chi connectivity index (χ3n) is 6.26. The Balaban J connectivity index is 3.28. The van der Waals surface area contributed by atoms with Gasteiger partial charge in [0.2, 0.25) is 0 Å². The Morgan fingerprint density at radius 3 is 0.857 bits per heavy atom. The van der Waals surface area contributed by atoms with Crippen LogP contribution in [0.25, 0.3) is 0 Å². The van der Waals surface area contributed by atoms with Crippen LogP contribution in [-0.4, -0.2) is 12.1 Å². The molecular formula is C26H56N2. The molecule has 0 fully saturated rings. The van der Waals surface area contributed by atoms with Crippen LogP contribution in [0.15, 0.2) is 0 Å². The highest BCUT2D eigenvalue weighted by Crippen LogP contribution is 2.15. The maximum absolute atomic E-state index is 6.30. The van der Waals surface area contributed by atoms with E-state index < -0.39 is 0 Å². The summed E-state index contributed by atoms with van der Waals surface area (Å²) in [5.41, 5.74) is 12.6. The molecule has 0 amide bonds. The van der Waals surface area contributed by atoms with Crippen molar-refractivity contribution < 1.29 is 0 Å². The minimum atomic E-state index is 0.420. The second-order valence-electron chi connectivity index (χ2n) is 9.33. The average Bonchev–Trinajstić information content (AvgIpc) is 2.69. The fourth-order valence-corrected chi connectivity index (χ4v) is 4.18. The molecule has 0 radical (unpaired) electrons. The predicted molar refractivity (Wildman–Crippen MR) is 129 cm³/mol. The van der Waals surface area contributed by atoms with E-state index in [9.17, 15) is 0 Å². The smallest absolute Gasteiger partial charge is 0.00388 e. The molecule has 2 unspecified atom stereocenters. The molecule has 0 aromatic carbocycles. The lowest BCUT2D eigenvalue weighted by molar-refractivity contribution is 0.458. The molecule has 4 N–H and O–H groups in total. The van der Waals surface area contributed by atoms with Crippen LogP contribution in [0, 0.1) is 0 Å². The Bertz CT molecular complexity index is 252. The zero-order valence-corrected chi connectivity index (χ0v) is 19.9. The lowest BCUT2D eigenvalue weighted by Crippen LogP contribution is -2.21. The van der Waals surface area contributed by atoms with Crippen molar-refractivity contribution in [1.82, 2.24) is 0 Å². The summed E-state index contributed by atoms with van der Waals surface area (Å²) >= 11 is 0. The van der Waals surface area contributed by atoms with Gasteiger partial charge >= 0.3 is 0 Å². The van der Waals surface area contributed by atoms with E-state index in [1.807, 2.05) is 0 Å². The van der Waals surface area contributed by atoms with E-state index in [1.54, 1.807) is 0 Å². The van der Waals surface area contributed by atoms with Gasteiger partial charge in [-0.15, -0.1) is 0 Å². The minimum Gasteiger partial charge on any atom is -0.328 e. The fraction of sp³-hybridized carbons (Fsp3) is 1.00. The van der Waals surface area contributed by atoms with E-state index in [0.29, 0.717) is 12.1 Å². The Morgan fingerprint density at radius 1 is 0.357 bits per heavy atom. The van der Waals surface area contributed by atoms with Gasteiger partial charge in [-0.3, -0.25) is 0 Å². The molecule has 0 aliphatic carbocycles. The van der Waals surface area contributed by atoms with Crippen molar-refractivity contribution in [2.24, 2.45) is 11.5 Å². The van der Waals surface area contributed by atoms with Crippen molar-refractivity contribution in [2.75, 3.05) is 0 Å². The van der Waals surface area contributed by atoms with Gasteiger partial charge < -0.3 is 11.5 Å². The first-order valence-electron chi connectivity index (χ1n) is 13.2. The number of rotatable bonds is 23. The van der Waals surface area contributed by atoms with Gasteiger partial charge in [-0.25, -0.2) is 0 Å². The van der Waals surface area contributed by atoms with Crippen molar-refractivity contribution in [3.63, 3.8) is 0 Å². The van der Waals surface area contributed by atoms with E-state index in [4.69, 9.17) is 11.5 Å². The molecule has 2 heteroatoms. The van der Waals surface area contributed by atoms with Crippen LogP contribution in [0.5, 0.6) is 0 Å². The third-order valence-corrected chi connectivity index (χ3v) is 6.26. The van der Waals surface area contributed by atoms with Gasteiger partial charge in [0.05, 0.1) is 0 Å². The summed E-state index contributed by atoms with van der Waals surface area (Å²) in [5.74, 6) is 0. The molecule has 0 aliphatic heterocycles. The highest BCUT2D eigenvalue weighted by molar-refractivity contribution is 4.65. The molecule has 0 aliphatic rings. The highest BCUT2D eigenvalue weighted by Gasteiger charge is 2.05. The van der Waals surface area contributed by atoms with Crippen LogP contribution in [0.2, 0.25) is 0 Å². The molecule has 0 rings (SSSR count).